The number of ether oxygens (including phenoxy) is 3. The van der Waals surface area contributed by atoms with Gasteiger partial charge in [0, 0.05) is 19.3 Å². The number of aliphatic hydroxyl groups is 1. The molecule has 0 saturated carbocycles. The first-order chi connectivity index (χ1) is 36.2. The van der Waals surface area contributed by atoms with E-state index in [-0.39, 0.29) is 25.9 Å². The molecule has 0 fully saturated rings. The van der Waals surface area contributed by atoms with Gasteiger partial charge in [-0.25, -0.2) is 4.57 Å². The fraction of sp³-hybridized carbons (Fsp3) is 0.887. The van der Waals surface area contributed by atoms with Gasteiger partial charge in [0.05, 0.1) is 19.8 Å². The molecule has 0 radical (unpaired) electrons. The molecule has 0 aliphatic carbocycles. The van der Waals surface area contributed by atoms with Crippen LogP contribution in [0, 0.1) is 0 Å². The fourth-order valence-corrected chi connectivity index (χ4v) is 9.89. The van der Waals surface area contributed by atoms with Gasteiger partial charge in [0.2, 0.25) is 0 Å². The molecule has 0 aliphatic rings. The summed E-state index contributed by atoms with van der Waals surface area (Å²) in [4.78, 5) is 48.6. The summed E-state index contributed by atoms with van der Waals surface area (Å²) in [6.07, 6.45) is 58.4. The highest BCUT2D eigenvalue weighted by Gasteiger charge is 2.28. The molecule has 11 nitrogen and oxygen atoms in total. The monoisotopic (exact) mass is 1070 g/mol. The summed E-state index contributed by atoms with van der Waals surface area (Å²) in [6.45, 7) is 4.64. The number of allylic oxidation sites excluding steroid dienone is 4. The highest BCUT2D eigenvalue weighted by atomic mass is 31.2. The normalized spacial score (nSPS) is 13.4. The summed E-state index contributed by atoms with van der Waals surface area (Å²) in [5, 5.41) is 9.84. The molecule has 0 bridgehead atoms. The Morgan fingerprint density at radius 3 is 1.05 bits per heavy atom. The number of phosphoric ester groups is 1. The number of esters is 3. The molecule has 0 rings (SSSR count). The van der Waals surface area contributed by atoms with E-state index in [1.165, 1.54) is 173 Å². The Morgan fingerprint density at radius 2 is 0.689 bits per heavy atom. The van der Waals surface area contributed by atoms with Crippen LogP contribution in [-0.4, -0.2) is 66.5 Å². The molecule has 2 N–H and O–H groups in total. The van der Waals surface area contributed by atoms with Gasteiger partial charge < -0.3 is 24.2 Å². The van der Waals surface area contributed by atoms with E-state index in [0.29, 0.717) is 19.3 Å². The Hall–Kier alpha value is -2.04. The van der Waals surface area contributed by atoms with E-state index < -0.39 is 57.8 Å². The second-order valence-corrected chi connectivity index (χ2v) is 22.7. The minimum absolute atomic E-state index is 0.172. The van der Waals surface area contributed by atoms with Crippen LogP contribution in [0.4, 0.5) is 0 Å². The van der Waals surface area contributed by atoms with Crippen LogP contribution in [0.2, 0.25) is 0 Å². The highest BCUT2D eigenvalue weighted by molar-refractivity contribution is 7.47. The molecule has 0 heterocycles. The number of hydrogen-bond donors (Lipinski definition) is 2. The Balaban J connectivity index is 4.63. The van der Waals surface area contributed by atoms with E-state index in [2.05, 4.69) is 45.1 Å². The average molecular weight is 1070 g/mol. The lowest BCUT2D eigenvalue weighted by atomic mass is 10.0. The zero-order valence-electron chi connectivity index (χ0n) is 48.3. The molecule has 0 amide bonds. The van der Waals surface area contributed by atoms with Crippen LogP contribution < -0.4 is 0 Å². The van der Waals surface area contributed by atoms with E-state index in [0.717, 1.165) is 83.5 Å². The van der Waals surface area contributed by atoms with Gasteiger partial charge >= 0.3 is 25.7 Å². The number of aliphatic hydroxyl groups excluding tert-OH is 1. The van der Waals surface area contributed by atoms with Gasteiger partial charge in [-0.05, 0) is 44.9 Å². The molecule has 0 aromatic carbocycles. The molecule has 74 heavy (non-hydrogen) atoms. The second-order valence-electron chi connectivity index (χ2n) is 21.2. The molecule has 0 aliphatic heterocycles. The summed E-state index contributed by atoms with van der Waals surface area (Å²) in [5.74, 6) is -1.45. The maximum absolute atomic E-state index is 12.9. The minimum Gasteiger partial charge on any atom is -0.462 e. The van der Waals surface area contributed by atoms with Crippen molar-refractivity contribution in [3.63, 3.8) is 0 Å². The lowest BCUT2D eigenvalue weighted by Gasteiger charge is -2.21. The molecule has 436 valence electrons. The van der Waals surface area contributed by atoms with E-state index >= 15 is 0 Å². The largest absolute Gasteiger partial charge is 0.472 e. The molecular formula is C62H117O11P. The highest BCUT2D eigenvalue weighted by Crippen LogP contribution is 2.43. The topological polar surface area (TPSA) is 155 Å². The molecular weight excluding hydrogens is 952 g/mol. The first-order valence-corrected chi connectivity index (χ1v) is 32.7. The Bertz CT molecular complexity index is 1340. The maximum atomic E-state index is 12.9. The van der Waals surface area contributed by atoms with Gasteiger partial charge in [-0.3, -0.25) is 23.4 Å². The summed E-state index contributed by atoms with van der Waals surface area (Å²) >= 11 is 0. The van der Waals surface area contributed by atoms with Crippen LogP contribution in [0.5, 0.6) is 0 Å². The van der Waals surface area contributed by atoms with Crippen LogP contribution in [-0.2, 0) is 42.2 Å². The molecule has 3 atom stereocenters. The van der Waals surface area contributed by atoms with E-state index in [1.807, 2.05) is 0 Å². The number of unbranched alkanes of at least 4 members (excludes halogenated alkanes) is 38. The van der Waals surface area contributed by atoms with E-state index in [9.17, 15) is 28.9 Å². The maximum Gasteiger partial charge on any atom is 0.472 e. The first-order valence-electron chi connectivity index (χ1n) is 31.2. The fourth-order valence-electron chi connectivity index (χ4n) is 9.10. The number of phosphoric acid groups is 1. The third kappa shape index (κ3) is 54.7. The van der Waals surface area contributed by atoms with Crippen molar-refractivity contribution in [3.8, 4) is 0 Å². The van der Waals surface area contributed by atoms with Crippen LogP contribution in [0.1, 0.15) is 316 Å². The van der Waals surface area contributed by atoms with Crippen molar-refractivity contribution in [2.45, 2.75) is 328 Å². The Morgan fingerprint density at radius 1 is 0.378 bits per heavy atom. The molecule has 0 aromatic heterocycles. The Kier molecular flexibility index (Phi) is 55.6. The average Bonchev–Trinajstić information content (AvgIpc) is 3.39. The lowest BCUT2D eigenvalue weighted by Crippen LogP contribution is -2.30. The van der Waals surface area contributed by atoms with E-state index in [1.54, 1.807) is 0 Å². The Labute approximate surface area is 455 Å². The third-order valence-corrected chi connectivity index (χ3v) is 14.8. The number of rotatable bonds is 59. The second kappa shape index (κ2) is 57.1. The predicted molar refractivity (Wildman–Crippen MR) is 307 cm³/mol. The van der Waals surface area contributed by atoms with Gasteiger partial charge in [-0.15, -0.1) is 0 Å². The van der Waals surface area contributed by atoms with Crippen molar-refractivity contribution in [2.24, 2.45) is 0 Å². The van der Waals surface area contributed by atoms with E-state index in [4.69, 9.17) is 23.3 Å². The first kappa shape index (κ1) is 72.0. The van der Waals surface area contributed by atoms with Gasteiger partial charge in [0.1, 0.15) is 12.7 Å². The summed E-state index contributed by atoms with van der Waals surface area (Å²) in [7, 11) is -4.74. The number of carbonyl (C=O) groups excluding carboxylic acids is 3. The zero-order valence-corrected chi connectivity index (χ0v) is 49.2. The SMILES string of the molecule is CCC/C=C\C/C=C\CCCCCCCC(=O)OCC(COP(=O)(O)OCC(CO)OC(=O)CCCCCCCCCCCCCCCCCCC)OC(=O)CCCCCCCCCCCCCCCCCCC. The van der Waals surface area contributed by atoms with Crippen LogP contribution >= 0.6 is 7.82 Å². The van der Waals surface area contributed by atoms with Gasteiger partial charge in [-0.1, -0.05) is 276 Å². The standard InChI is InChI=1S/C62H117O11P/c1-4-7-10-13-16-19-22-25-27-29-31-34-37-40-43-46-49-52-61(65)72-58(54-63)56-70-74(67,68)71-57-59(55-69-60(64)51-48-45-42-39-36-33-24-21-18-15-12-9-6-3)73-62(66)53-50-47-44-41-38-35-32-30-28-26-23-20-17-14-11-8-5-2/h12,15,21,24,58-59,63H,4-11,13-14,16-20,22-23,25-57H2,1-3H3,(H,67,68)/b15-12-,24-21-. The predicted octanol–water partition coefficient (Wildman–Crippen LogP) is 18.6. The summed E-state index contributed by atoms with van der Waals surface area (Å²) in [5.41, 5.74) is 0. The van der Waals surface area contributed by atoms with Crippen LogP contribution in [0.3, 0.4) is 0 Å². The van der Waals surface area contributed by atoms with Crippen molar-refractivity contribution in [1.29, 1.82) is 0 Å². The van der Waals surface area contributed by atoms with Crippen molar-refractivity contribution < 1.29 is 52.2 Å². The van der Waals surface area contributed by atoms with Gasteiger partial charge in [-0.2, -0.15) is 0 Å². The minimum atomic E-state index is -4.74. The van der Waals surface area contributed by atoms with Crippen molar-refractivity contribution in [2.75, 3.05) is 26.4 Å². The van der Waals surface area contributed by atoms with Crippen LogP contribution in [0.15, 0.2) is 24.3 Å². The third-order valence-electron chi connectivity index (χ3n) is 13.9. The zero-order chi connectivity index (χ0) is 54.1. The van der Waals surface area contributed by atoms with Crippen molar-refractivity contribution in [3.05, 3.63) is 24.3 Å². The number of hydrogen-bond acceptors (Lipinski definition) is 10. The molecule has 0 saturated heterocycles. The smallest absolute Gasteiger partial charge is 0.462 e. The summed E-state index contributed by atoms with van der Waals surface area (Å²) < 4.78 is 39.6. The van der Waals surface area contributed by atoms with Crippen LogP contribution in [0.25, 0.3) is 0 Å². The van der Waals surface area contributed by atoms with Gasteiger partial charge in [0.15, 0.2) is 6.10 Å². The summed E-state index contributed by atoms with van der Waals surface area (Å²) in [6, 6.07) is 0. The van der Waals surface area contributed by atoms with Gasteiger partial charge in [0.25, 0.3) is 0 Å². The molecule has 3 unspecified atom stereocenters. The number of carbonyl (C=O) groups is 3. The molecule has 0 spiro atoms. The van der Waals surface area contributed by atoms with Crippen molar-refractivity contribution in [1.82, 2.24) is 0 Å². The molecule has 12 heteroatoms. The quantitative estimate of drug-likeness (QED) is 0.0197. The van der Waals surface area contributed by atoms with Crippen molar-refractivity contribution >= 4 is 25.7 Å². The lowest BCUT2D eigenvalue weighted by molar-refractivity contribution is -0.161. The molecule has 0 aromatic rings.